The summed E-state index contributed by atoms with van der Waals surface area (Å²) < 4.78 is 11.8. The molecule has 84 valence electrons. The van der Waals surface area contributed by atoms with Gasteiger partial charge in [-0.25, -0.2) is 0 Å². The van der Waals surface area contributed by atoms with Crippen molar-refractivity contribution in [2.75, 3.05) is 13.9 Å². The molecule has 2 rings (SSSR count). The van der Waals surface area contributed by atoms with Crippen molar-refractivity contribution < 1.29 is 9.47 Å². The molecule has 0 radical (unpaired) electrons. The van der Waals surface area contributed by atoms with Crippen LogP contribution >= 0.6 is 22.6 Å². The quantitative estimate of drug-likeness (QED) is 0.631. The molecule has 0 saturated carbocycles. The Morgan fingerprint density at radius 1 is 1.25 bits per heavy atom. The Kier molecular flexibility index (Phi) is 3.66. The van der Waals surface area contributed by atoms with Crippen LogP contribution in [0.2, 0.25) is 0 Å². The van der Waals surface area contributed by atoms with Gasteiger partial charge in [-0.2, -0.15) is 0 Å². The third-order valence-electron chi connectivity index (χ3n) is 2.44. The smallest absolute Gasteiger partial charge is 0.188 e. The zero-order valence-corrected chi connectivity index (χ0v) is 11.4. The molecule has 0 aromatic heterocycles. The van der Waals surface area contributed by atoms with Gasteiger partial charge in [0.15, 0.2) is 6.79 Å². The largest absolute Gasteiger partial charge is 0.466 e. The lowest BCUT2D eigenvalue weighted by atomic mass is 10.1. The maximum absolute atomic E-state index is 5.65. The fourth-order valence-electron chi connectivity index (χ4n) is 1.68. The van der Waals surface area contributed by atoms with Gasteiger partial charge in [-0.05, 0) is 40.5 Å². The van der Waals surface area contributed by atoms with Crippen molar-refractivity contribution >= 4 is 33.4 Å². The number of fused-ring (bicyclic) bond motifs is 1. The van der Waals surface area contributed by atoms with Gasteiger partial charge in [-0.15, -0.1) is 0 Å². The van der Waals surface area contributed by atoms with Gasteiger partial charge in [0.25, 0.3) is 0 Å². The van der Waals surface area contributed by atoms with E-state index in [4.69, 9.17) is 9.47 Å². The van der Waals surface area contributed by atoms with E-state index in [2.05, 4.69) is 47.7 Å². The number of ether oxygens (including phenoxy) is 2. The Morgan fingerprint density at radius 3 is 2.75 bits per heavy atom. The predicted octanol–water partition coefficient (Wildman–Crippen LogP) is 3.74. The Hall–Kier alpha value is -0.810. The molecule has 0 aliphatic heterocycles. The minimum atomic E-state index is 0.281. The van der Waals surface area contributed by atoms with E-state index in [1.54, 1.807) is 7.11 Å². The number of benzene rings is 2. The summed E-state index contributed by atoms with van der Waals surface area (Å²) >= 11 is 2.31. The molecule has 3 heteroatoms. The molecule has 16 heavy (non-hydrogen) atoms. The second kappa shape index (κ2) is 5.01. The fraction of sp³-hybridized carbons (Fsp3) is 0.231. The van der Waals surface area contributed by atoms with E-state index in [1.807, 2.05) is 12.1 Å². The average Bonchev–Trinajstić information content (AvgIpc) is 2.30. The van der Waals surface area contributed by atoms with Gasteiger partial charge in [0, 0.05) is 12.5 Å². The van der Waals surface area contributed by atoms with Crippen LogP contribution in [0.4, 0.5) is 0 Å². The van der Waals surface area contributed by atoms with Crippen molar-refractivity contribution in [3.63, 3.8) is 0 Å². The van der Waals surface area contributed by atoms with Crippen LogP contribution in [0.3, 0.4) is 0 Å². The molecule has 0 aliphatic carbocycles. The lowest BCUT2D eigenvalue weighted by molar-refractivity contribution is 0.0516. The first-order valence-corrected chi connectivity index (χ1v) is 6.11. The van der Waals surface area contributed by atoms with Gasteiger partial charge in [0.1, 0.15) is 5.75 Å². The monoisotopic (exact) mass is 328 g/mol. The molecule has 0 saturated heterocycles. The number of rotatable bonds is 3. The molecule has 0 aliphatic rings. The van der Waals surface area contributed by atoms with Crippen molar-refractivity contribution in [3.05, 3.63) is 39.5 Å². The molecule has 0 N–H and O–H groups in total. The van der Waals surface area contributed by atoms with Gasteiger partial charge < -0.3 is 9.47 Å². The lowest BCUT2D eigenvalue weighted by Crippen LogP contribution is -2.02. The Morgan fingerprint density at radius 2 is 2.00 bits per heavy atom. The number of halogens is 1. The summed E-state index contributed by atoms with van der Waals surface area (Å²) in [5.74, 6) is 0.915. The van der Waals surface area contributed by atoms with E-state index in [1.165, 1.54) is 10.9 Å². The first kappa shape index (κ1) is 11.7. The van der Waals surface area contributed by atoms with Gasteiger partial charge in [-0.1, -0.05) is 30.3 Å². The summed E-state index contributed by atoms with van der Waals surface area (Å²) in [6.45, 7) is 2.37. The standard InChI is InChI=1S/C13H13IO2/c1-9-7-10-5-3-4-6-11(10)13(12(9)14)16-8-15-2/h3-7H,8H2,1-2H3. The number of hydrogen-bond donors (Lipinski definition) is 0. The van der Waals surface area contributed by atoms with Crippen LogP contribution in [0.15, 0.2) is 30.3 Å². The summed E-state index contributed by atoms with van der Waals surface area (Å²) in [4.78, 5) is 0. The average molecular weight is 328 g/mol. The van der Waals surface area contributed by atoms with Crippen molar-refractivity contribution in [2.45, 2.75) is 6.92 Å². The molecule has 2 nitrogen and oxygen atoms in total. The van der Waals surface area contributed by atoms with Gasteiger partial charge in [-0.3, -0.25) is 0 Å². The second-order valence-corrected chi connectivity index (χ2v) is 4.69. The minimum absolute atomic E-state index is 0.281. The summed E-state index contributed by atoms with van der Waals surface area (Å²) in [7, 11) is 1.63. The van der Waals surface area contributed by atoms with E-state index in [-0.39, 0.29) is 6.79 Å². The maximum atomic E-state index is 5.65. The molecule has 0 unspecified atom stereocenters. The van der Waals surface area contributed by atoms with E-state index < -0.39 is 0 Å². The van der Waals surface area contributed by atoms with Crippen LogP contribution in [0.1, 0.15) is 5.56 Å². The van der Waals surface area contributed by atoms with Crippen LogP contribution in [-0.4, -0.2) is 13.9 Å². The van der Waals surface area contributed by atoms with Crippen molar-refractivity contribution in [1.82, 2.24) is 0 Å². The zero-order chi connectivity index (χ0) is 11.5. The van der Waals surface area contributed by atoms with Crippen molar-refractivity contribution in [2.24, 2.45) is 0 Å². The molecule has 0 bridgehead atoms. The molecule has 0 fully saturated rings. The topological polar surface area (TPSA) is 18.5 Å². The lowest BCUT2D eigenvalue weighted by Gasteiger charge is -2.12. The molecular weight excluding hydrogens is 315 g/mol. The fourth-order valence-corrected chi connectivity index (χ4v) is 2.28. The number of aryl methyl sites for hydroxylation is 1. The van der Waals surface area contributed by atoms with Crippen LogP contribution in [0, 0.1) is 10.5 Å². The van der Waals surface area contributed by atoms with Crippen LogP contribution < -0.4 is 4.74 Å². The van der Waals surface area contributed by atoms with Gasteiger partial charge in [0.2, 0.25) is 0 Å². The highest BCUT2D eigenvalue weighted by Crippen LogP contribution is 2.33. The zero-order valence-electron chi connectivity index (χ0n) is 9.29. The first-order valence-electron chi connectivity index (χ1n) is 5.03. The summed E-state index contributed by atoms with van der Waals surface area (Å²) in [6.07, 6.45) is 0. The molecular formula is C13H13IO2. The summed E-state index contributed by atoms with van der Waals surface area (Å²) in [5.41, 5.74) is 1.23. The number of methoxy groups -OCH3 is 1. The second-order valence-electron chi connectivity index (χ2n) is 3.61. The highest BCUT2D eigenvalue weighted by atomic mass is 127. The van der Waals surface area contributed by atoms with E-state index in [0.717, 1.165) is 14.7 Å². The Bertz CT molecular complexity index is 509. The summed E-state index contributed by atoms with van der Waals surface area (Å²) in [6, 6.07) is 10.4. The van der Waals surface area contributed by atoms with Crippen molar-refractivity contribution in [1.29, 1.82) is 0 Å². The molecule has 0 amide bonds. The highest BCUT2D eigenvalue weighted by molar-refractivity contribution is 14.1. The van der Waals surface area contributed by atoms with E-state index >= 15 is 0 Å². The molecule has 2 aromatic carbocycles. The van der Waals surface area contributed by atoms with E-state index in [9.17, 15) is 0 Å². The minimum Gasteiger partial charge on any atom is -0.466 e. The van der Waals surface area contributed by atoms with Crippen LogP contribution in [0.25, 0.3) is 10.8 Å². The van der Waals surface area contributed by atoms with Crippen LogP contribution in [0.5, 0.6) is 5.75 Å². The van der Waals surface area contributed by atoms with E-state index in [0.29, 0.717) is 0 Å². The molecule has 0 heterocycles. The molecule has 0 atom stereocenters. The highest BCUT2D eigenvalue weighted by Gasteiger charge is 2.09. The molecule has 2 aromatic rings. The number of hydrogen-bond acceptors (Lipinski definition) is 2. The van der Waals surface area contributed by atoms with Crippen molar-refractivity contribution in [3.8, 4) is 5.75 Å². The SMILES string of the molecule is COCOc1c(I)c(C)cc2ccccc12. The first-order chi connectivity index (χ1) is 7.74. The predicted molar refractivity (Wildman–Crippen MR) is 73.9 cm³/mol. The molecule has 0 spiro atoms. The summed E-state index contributed by atoms with van der Waals surface area (Å²) in [5, 5.41) is 2.33. The Labute approximate surface area is 109 Å². The maximum Gasteiger partial charge on any atom is 0.188 e. The Balaban J connectivity index is 2.61. The third-order valence-corrected chi connectivity index (χ3v) is 3.78. The van der Waals surface area contributed by atoms with Gasteiger partial charge in [0.05, 0.1) is 3.57 Å². The third kappa shape index (κ3) is 2.15. The van der Waals surface area contributed by atoms with Crippen LogP contribution in [-0.2, 0) is 4.74 Å². The van der Waals surface area contributed by atoms with Gasteiger partial charge >= 0.3 is 0 Å². The normalized spacial score (nSPS) is 10.7.